The Morgan fingerprint density at radius 2 is 2.29 bits per heavy atom. The van der Waals surface area contributed by atoms with Gasteiger partial charge in [0.2, 0.25) is 5.91 Å². The molecule has 1 saturated heterocycles. The zero-order valence-corrected chi connectivity index (χ0v) is 10.9. The minimum absolute atomic E-state index is 0.205. The van der Waals surface area contributed by atoms with E-state index in [-0.39, 0.29) is 11.4 Å². The fourth-order valence-corrected chi connectivity index (χ4v) is 2.95. The molecule has 0 spiro atoms. The van der Waals surface area contributed by atoms with E-state index in [1.54, 1.807) is 7.11 Å². The van der Waals surface area contributed by atoms with Crippen LogP contribution in [0.2, 0.25) is 0 Å². The van der Waals surface area contributed by atoms with Gasteiger partial charge in [0.25, 0.3) is 0 Å². The van der Waals surface area contributed by atoms with E-state index in [4.69, 9.17) is 4.74 Å². The van der Waals surface area contributed by atoms with Crippen LogP contribution in [-0.2, 0) is 9.53 Å². The lowest BCUT2D eigenvalue weighted by Gasteiger charge is -2.37. The molecule has 0 radical (unpaired) electrons. The maximum atomic E-state index is 12.3. The van der Waals surface area contributed by atoms with E-state index in [1.165, 1.54) is 0 Å². The van der Waals surface area contributed by atoms with Crippen molar-refractivity contribution in [3.8, 4) is 0 Å². The van der Waals surface area contributed by atoms with E-state index < -0.39 is 0 Å². The average molecular weight is 240 g/mol. The van der Waals surface area contributed by atoms with Gasteiger partial charge in [0, 0.05) is 13.2 Å². The van der Waals surface area contributed by atoms with Gasteiger partial charge < -0.3 is 15.4 Å². The number of nitrogens with one attached hydrogen (secondary N) is 2. The molecule has 0 aromatic heterocycles. The molecular formula is C13H24N2O2. The normalized spacial score (nSPS) is 36.6. The monoisotopic (exact) mass is 240 g/mol. The first-order chi connectivity index (χ1) is 8.20. The number of carbonyl (C=O) groups is 1. The average Bonchev–Trinajstić information content (AvgIpc) is 2.72. The summed E-state index contributed by atoms with van der Waals surface area (Å²) in [4.78, 5) is 12.3. The van der Waals surface area contributed by atoms with Gasteiger partial charge in [-0.1, -0.05) is 13.3 Å². The number of amides is 1. The molecule has 1 aliphatic heterocycles. The zero-order valence-electron chi connectivity index (χ0n) is 10.9. The molecule has 17 heavy (non-hydrogen) atoms. The molecule has 2 fully saturated rings. The molecule has 1 aliphatic carbocycles. The van der Waals surface area contributed by atoms with Crippen LogP contribution in [0.15, 0.2) is 0 Å². The van der Waals surface area contributed by atoms with E-state index in [0.717, 1.165) is 45.1 Å². The molecule has 98 valence electrons. The predicted molar refractivity (Wildman–Crippen MR) is 66.8 cm³/mol. The van der Waals surface area contributed by atoms with Crippen molar-refractivity contribution in [2.75, 3.05) is 13.7 Å². The van der Waals surface area contributed by atoms with E-state index in [1.807, 2.05) is 0 Å². The van der Waals surface area contributed by atoms with Crippen molar-refractivity contribution in [1.82, 2.24) is 10.6 Å². The van der Waals surface area contributed by atoms with Crippen molar-refractivity contribution in [2.24, 2.45) is 0 Å². The molecule has 1 unspecified atom stereocenters. The van der Waals surface area contributed by atoms with Gasteiger partial charge in [0.15, 0.2) is 0 Å². The topological polar surface area (TPSA) is 50.4 Å². The maximum Gasteiger partial charge on any atom is 0.240 e. The number of hydrogen-bond acceptors (Lipinski definition) is 3. The summed E-state index contributed by atoms with van der Waals surface area (Å²) in [5.74, 6) is 0.205. The van der Waals surface area contributed by atoms with Crippen LogP contribution in [0.4, 0.5) is 0 Å². The number of rotatable bonds is 5. The smallest absolute Gasteiger partial charge is 0.240 e. The fraction of sp³-hybridized carbons (Fsp3) is 0.923. The molecule has 2 rings (SSSR count). The first kappa shape index (κ1) is 12.8. The minimum Gasteiger partial charge on any atom is -0.381 e. The van der Waals surface area contributed by atoms with Crippen molar-refractivity contribution in [1.29, 1.82) is 0 Å². The number of methoxy groups -OCH3 is 1. The van der Waals surface area contributed by atoms with Crippen molar-refractivity contribution in [2.45, 2.75) is 63.1 Å². The summed E-state index contributed by atoms with van der Waals surface area (Å²) in [6, 6.07) is 0.323. The molecule has 0 aromatic carbocycles. The molecule has 1 saturated carbocycles. The quantitative estimate of drug-likeness (QED) is 0.759. The third-order valence-electron chi connectivity index (χ3n) is 4.12. The Morgan fingerprint density at radius 3 is 2.82 bits per heavy atom. The van der Waals surface area contributed by atoms with Gasteiger partial charge in [-0.15, -0.1) is 0 Å². The van der Waals surface area contributed by atoms with Crippen LogP contribution >= 0.6 is 0 Å². The minimum atomic E-state index is -0.285. The first-order valence-electron chi connectivity index (χ1n) is 6.79. The maximum absolute atomic E-state index is 12.3. The van der Waals surface area contributed by atoms with Gasteiger partial charge in [-0.3, -0.25) is 4.79 Å². The van der Waals surface area contributed by atoms with Gasteiger partial charge in [0.1, 0.15) is 0 Å². The second-order valence-electron chi connectivity index (χ2n) is 5.36. The van der Waals surface area contributed by atoms with Crippen LogP contribution < -0.4 is 10.6 Å². The van der Waals surface area contributed by atoms with Gasteiger partial charge in [-0.05, 0) is 38.6 Å². The number of carbonyl (C=O) groups excluding carboxylic acids is 1. The zero-order chi connectivity index (χ0) is 12.3. The van der Waals surface area contributed by atoms with Gasteiger partial charge in [-0.2, -0.15) is 0 Å². The molecular weight excluding hydrogens is 216 g/mol. The molecule has 1 amide bonds. The highest BCUT2D eigenvalue weighted by molar-refractivity contribution is 5.87. The molecule has 4 heteroatoms. The van der Waals surface area contributed by atoms with Crippen LogP contribution in [-0.4, -0.2) is 37.2 Å². The third-order valence-corrected chi connectivity index (χ3v) is 4.12. The SMILES string of the molecule is CCCC1(C(=O)NC2CC(OC)C2)CCCN1. The standard InChI is InChI=1S/C13H24N2O2/c1-3-5-13(6-4-7-14-13)12(16)15-10-8-11(9-10)17-2/h10-11,14H,3-9H2,1-2H3,(H,15,16). The van der Waals surface area contributed by atoms with Crippen molar-refractivity contribution >= 4 is 5.91 Å². The molecule has 0 bridgehead atoms. The Balaban J connectivity index is 1.85. The fourth-order valence-electron chi connectivity index (χ4n) is 2.95. The lowest BCUT2D eigenvalue weighted by Crippen LogP contribution is -2.58. The first-order valence-corrected chi connectivity index (χ1v) is 6.79. The third kappa shape index (κ3) is 2.63. The summed E-state index contributed by atoms with van der Waals surface area (Å²) >= 11 is 0. The summed E-state index contributed by atoms with van der Waals surface area (Å²) in [7, 11) is 1.74. The van der Waals surface area contributed by atoms with Crippen LogP contribution in [0.1, 0.15) is 45.4 Å². The van der Waals surface area contributed by atoms with Crippen LogP contribution in [0.25, 0.3) is 0 Å². The van der Waals surface area contributed by atoms with E-state index in [2.05, 4.69) is 17.6 Å². The Labute approximate surface area is 103 Å². The summed E-state index contributed by atoms with van der Waals surface area (Å²) in [5.41, 5.74) is -0.285. The molecule has 4 nitrogen and oxygen atoms in total. The van der Waals surface area contributed by atoms with E-state index in [0.29, 0.717) is 12.1 Å². The van der Waals surface area contributed by atoms with Crippen LogP contribution in [0.3, 0.4) is 0 Å². The second kappa shape index (κ2) is 5.36. The van der Waals surface area contributed by atoms with Crippen molar-refractivity contribution in [3.63, 3.8) is 0 Å². The Kier molecular flexibility index (Phi) is 4.05. The molecule has 1 atom stereocenters. The van der Waals surface area contributed by atoms with Gasteiger partial charge >= 0.3 is 0 Å². The molecule has 2 N–H and O–H groups in total. The predicted octanol–water partition coefficient (Wildman–Crippen LogP) is 1.20. The molecule has 1 heterocycles. The Hall–Kier alpha value is -0.610. The van der Waals surface area contributed by atoms with Crippen molar-refractivity contribution in [3.05, 3.63) is 0 Å². The number of hydrogen-bond donors (Lipinski definition) is 2. The van der Waals surface area contributed by atoms with E-state index >= 15 is 0 Å². The number of ether oxygens (including phenoxy) is 1. The largest absolute Gasteiger partial charge is 0.381 e. The van der Waals surface area contributed by atoms with Crippen LogP contribution in [0, 0.1) is 0 Å². The Morgan fingerprint density at radius 1 is 1.53 bits per heavy atom. The summed E-state index contributed by atoms with van der Waals surface area (Å²) in [6.45, 7) is 3.11. The Bertz CT molecular complexity index is 269. The van der Waals surface area contributed by atoms with E-state index in [9.17, 15) is 4.79 Å². The highest BCUT2D eigenvalue weighted by Gasteiger charge is 2.42. The highest BCUT2D eigenvalue weighted by atomic mass is 16.5. The summed E-state index contributed by atoms with van der Waals surface area (Å²) in [6.07, 6.45) is 6.35. The second-order valence-corrected chi connectivity index (χ2v) is 5.36. The van der Waals surface area contributed by atoms with Gasteiger partial charge in [0.05, 0.1) is 11.6 Å². The van der Waals surface area contributed by atoms with Crippen LogP contribution in [0.5, 0.6) is 0 Å². The van der Waals surface area contributed by atoms with Crippen molar-refractivity contribution < 1.29 is 9.53 Å². The van der Waals surface area contributed by atoms with Gasteiger partial charge in [-0.25, -0.2) is 0 Å². The summed E-state index contributed by atoms with van der Waals surface area (Å²) in [5, 5.41) is 6.57. The molecule has 0 aromatic rings. The molecule has 2 aliphatic rings. The summed E-state index contributed by atoms with van der Waals surface area (Å²) < 4.78 is 5.23. The highest BCUT2D eigenvalue weighted by Crippen LogP contribution is 2.28. The lowest BCUT2D eigenvalue weighted by atomic mass is 9.86. The lowest BCUT2D eigenvalue weighted by molar-refractivity contribution is -0.129.